The van der Waals surface area contributed by atoms with Crippen molar-refractivity contribution in [1.29, 1.82) is 0 Å². The van der Waals surface area contributed by atoms with E-state index < -0.39 is 74.6 Å². The van der Waals surface area contributed by atoms with E-state index in [0.29, 0.717) is 0 Å². The van der Waals surface area contributed by atoms with Crippen LogP contribution in [-0.4, -0.2) is 105 Å². The van der Waals surface area contributed by atoms with Gasteiger partial charge in [0.1, 0.15) is 48.8 Å². The molecule has 0 bridgehead atoms. The molecule has 0 saturated carbocycles. The molecule has 37 heavy (non-hydrogen) atoms. The topological polar surface area (TPSA) is 168 Å². The number of ether oxygens (including phenoxy) is 5. The molecule has 11 nitrogen and oxygen atoms in total. The Morgan fingerprint density at radius 1 is 0.595 bits per heavy atom. The molecule has 4 rings (SSSR count). The molecule has 2 fully saturated rings. The van der Waals surface area contributed by atoms with E-state index in [1.807, 2.05) is 60.7 Å². The van der Waals surface area contributed by atoms with E-state index in [2.05, 4.69) is 0 Å². The number of hydrogen-bond donors (Lipinski definition) is 6. The fraction of sp³-hybridized carbons (Fsp3) is 0.538. The Hall–Kier alpha value is -2.00. The van der Waals surface area contributed by atoms with Gasteiger partial charge in [-0.1, -0.05) is 60.7 Å². The van der Waals surface area contributed by atoms with Gasteiger partial charge in [-0.15, -0.1) is 0 Å². The van der Waals surface area contributed by atoms with Gasteiger partial charge in [0.05, 0.1) is 26.4 Å². The molecule has 204 valence electrons. The minimum atomic E-state index is -1.71. The Morgan fingerprint density at radius 2 is 1.11 bits per heavy atom. The van der Waals surface area contributed by atoms with Crippen molar-refractivity contribution in [1.82, 2.24) is 0 Å². The molecule has 2 saturated heterocycles. The standard InChI is InChI=1S/C26H34O11/c27-11-17-22(33-13-15-7-3-1-4-8-15)19(29)20(30)26(36-17)37-24-21(31)25(32)35-18(12-28)23(24)34-14-16-9-5-2-6-10-16/h1-10,17-32H,11-14H2/t17?,18?,19-,20?,21?,22+,23+,24-,25-,26+/m1/s1. The van der Waals surface area contributed by atoms with E-state index in [1.54, 1.807) is 0 Å². The lowest BCUT2D eigenvalue weighted by molar-refractivity contribution is -0.362. The molecule has 2 aliphatic rings. The summed E-state index contributed by atoms with van der Waals surface area (Å²) in [7, 11) is 0. The summed E-state index contributed by atoms with van der Waals surface area (Å²) < 4.78 is 28.5. The molecule has 2 aliphatic heterocycles. The molecule has 0 aliphatic carbocycles. The summed E-state index contributed by atoms with van der Waals surface area (Å²) in [5.74, 6) is 0. The minimum absolute atomic E-state index is 0.0827. The molecular weight excluding hydrogens is 488 g/mol. The average molecular weight is 523 g/mol. The molecule has 0 amide bonds. The minimum Gasteiger partial charge on any atom is -0.394 e. The maximum Gasteiger partial charge on any atom is 0.187 e. The molecular formula is C26H34O11. The van der Waals surface area contributed by atoms with Crippen molar-refractivity contribution < 1.29 is 54.3 Å². The van der Waals surface area contributed by atoms with Crippen LogP contribution in [0.15, 0.2) is 60.7 Å². The van der Waals surface area contributed by atoms with Crippen LogP contribution in [0.25, 0.3) is 0 Å². The van der Waals surface area contributed by atoms with E-state index in [-0.39, 0.29) is 13.2 Å². The Bertz CT molecular complexity index is 931. The second-order valence-corrected chi connectivity index (χ2v) is 9.07. The first-order chi connectivity index (χ1) is 17.9. The fourth-order valence-corrected chi connectivity index (χ4v) is 4.47. The molecule has 0 aromatic heterocycles. The number of rotatable bonds is 10. The third-order valence-electron chi connectivity index (χ3n) is 6.50. The van der Waals surface area contributed by atoms with Crippen LogP contribution in [0.3, 0.4) is 0 Å². The molecule has 0 spiro atoms. The highest BCUT2D eigenvalue weighted by Gasteiger charge is 2.51. The first-order valence-electron chi connectivity index (χ1n) is 12.1. The molecule has 2 aromatic rings. The van der Waals surface area contributed by atoms with Crippen molar-refractivity contribution in [3.63, 3.8) is 0 Å². The fourth-order valence-electron chi connectivity index (χ4n) is 4.47. The van der Waals surface area contributed by atoms with Gasteiger partial charge < -0.3 is 54.3 Å². The molecule has 2 aromatic carbocycles. The monoisotopic (exact) mass is 522 g/mol. The van der Waals surface area contributed by atoms with Gasteiger partial charge in [0.15, 0.2) is 12.6 Å². The predicted molar refractivity (Wildman–Crippen MR) is 127 cm³/mol. The lowest BCUT2D eigenvalue weighted by Gasteiger charge is -2.47. The number of aliphatic hydroxyl groups is 6. The largest absolute Gasteiger partial charge is 0.394 e. The zero-order chi connectivity index (χ0) is 26.4. The number of aliphatic hydroxyl groups excluding tert-OH is 6. The number of benzene rings is 2. The SMILES string of the molecule is OCC1O[C@@H](O[C@@H]2C(O)[C@H](O)OC(CO)[C@@H]2OCc2ccccc2)C(O)[C@@H](O)[C@H]1OCc1ccccc1. The van der Waals surface area contributed by atoms with Gasteiger partial charge in [-0.25, -0.2) is 0 Å². The van der Waals surface area contributed by atoms with Gasteiger partial charge in [-0.05, 0) is 11.1 Å². The molecule has 10 atom stereocenters. The van der Waals surface area contributed by atoms with Crippen LogP contribution >= 0.6 is 0 Å². The van der Waals surface area contributed by atoms with Crippen LogP contribution in [0, 0.1) is 0 Å². The van der Waals surface area contributed by atoms with E-state index in [0.717, 1.165) is 11.1 Å². The highest BCUT2D eigenvalue weighted by molar-refractivity contribution is 5.14. The lowest BCUT2D eigenvalue weighted by Crippen LogP contribution is -2.65. The van der Waals surface area contributed by atoms with Crippen LogP contribution in [0.2, 0.25) is 0 Å². The smallest absolute Gasteiger partial charge is 0.187 e. The number of hydrogen-bond acceptors (Lipinski definition) is 11. The average Bonchev–Trinajstić information content (AvgIpc) is 2.93. The van der Waals surface area contributed by atoms with Gasteiger partial charge in [0, 0.05) is 0 Å². The normalized spacial score (nSPS) is 36.4. The van der Waals surface area contributed by atoms with Crippen molar-refractivity contribution >= 4 is 0 Å². The van der Waals surface area contributed by atoms with Gasteiger partial charge in [-0.2, -0.15) is 0 Å². The highest BCUT2D eigenvalue weighted by atomic mass is 16.7. The summed E-state index contributed by atoms with van der Waals surface area (Å²) in [4.78, 5) is 0. The van der Waals surface area contributed by atoms with Crippen molar-refractivity contribution in [3.05, 3.63) is 71.8 Å². The van der Waals surface area contributed by atoms with Gasteiger partial charge >= 0.3 is 0 Å². The molecule has 11 heteroatoms. The quantitative estimate of drug-likeness (QED) is 0.228. The summed E-state index contributed by atoms with van der Waals surface area (Å²) in [6.07, 6.45) is -13.6. The van der Waals surface area contributed by atoms with Crippen LogP contribution in [0.1, 0.15) is 11.1 Å². The van der Waals surface area contributed by atoms with Gasteiger partial charge in [0.2, 0.25) is 0 Å². The summed E-state index contributed by atoms with van der Waals surface area (Å²) in [5.41, 5.74) is 1.63. The van der Waals surface area contributed by atoms with Gasteiger partial charge in [0.25, 0.3) is 0 Å². The van der Waals surface area contributed by atoms with Crippen molar-refractivity contribution in [2.24, 2.45) is 0 Å². The van der Waals surface area contributed by atoms with Crippen molar-refractivity contribution in [2.75, 3.05) is 13.2 Å². The van der Waals surface area contributed by atoms with Crippen molar-refractivity contribution in [3.8, 4) is 0 Å². The van der Waals surface area contributed by atoms with Crippen LogP contribution in [0.5, 0.6) is 0 Å². The second-order valence-electron chi connectivity index (χ2n) is 9.07. The second kappa shape index (κ2) is 13.2. The third kappa shape index (κ3) is 6.72. The highest BCUT2D eigenvalue weighted by Crippen LogP contribution is 2.31. The Balaban J connectivity index is 1.47. The first-order valence-corrected chi connectivity index (χ1v) is 12.1. The van der Waals surface area contributed by atoms with E-state index in [1.165, 1.54) is 0 Å². The molecule has 0 radical (unpaired) electrons. The zero-order valence-corrected chi connectivity index (χ0v) is 20.1. The Kier molecular flexibility index (Phi) is 9.98. The third-order valence-corrected chi connectivity index (χ3v) is 6.50. The van der Waals surface area contributed by atoms with E-state index in [9.17, 15) is 30.6 Å². The van der Waals surface area contributed by atoms with Crippen LogP contribution in [0.4, 0.5) is 0 Å². The van der Waals surface area contributed by atoms with Gasteiger partial charge in [-0.3, -0.25) is 0 Å². The maximum atomic E-state index is 10.8. The summed E-state index contributed by atoms with van der Waals surface area (Å²) >= 11 is 0. The Morgan fingerprint density at radius 3 is 1.65 bits per heavy atom. The van der Waals surface area contributed by atoms with E-state index >= 15 is 0 Å². The molecule has 4 unspecified atom stereocenters. The lowest BCUT2D eigenvalue weighted by atomic mass is 9.96. The predicted octanol–water partition coefficient (Wildman–Crippen LogP) is -0.948. The van der Waals surface area contributed by atoms with E-state index in [4.69, 9.17) is 23.7 Å². The van der Waals surface area contributed by atoms with Crippen molar-refractivity contribution in [2.45, 2.75) is 74.6 Å². The molecule has 2 heterocycles. The Labute approximate surface area is 214 Å². The summed E-state index contributed by atoms with van der Waals surface area (Å²) in [5, 5.41) is 62.2. The van der Waals surface area contributed by atoms with Crippen LogP contribution in [-0.2, 0) is 36.9 Å². The zero-order valence-electron chi connectivity index (χ0n) is 20.1. The summed E-state index contributed by atoms with van der Waals surface area (Å²) in [6, 6.07) is 18.3. The first kappa shape index (κ1) is 28.0. The van der Waals surface area contributed by atoms with Crippen LogP contribution < -0.4 is 0 Å². The summed E-state index contributed by atoms with van der Waals surface area (Å²) in [6.45, 7) is -0.901. The maximum absolute atomic E-state index is 10.8. The molecule has 6 N–H and O–H groups in total.